The lowest BCUT2D eigenvalue weighted by molar-refractivity contribution is 0.206. The van der Waals surface area contributed by atoms with E-state index in [1.165, 1.54) is 11.1 Å². The molecule has 1 aromatic carbocycles. The first-order valence-corrected chi connectivity index (χ1v) is 9.70. The highest BCUT2D eigenvalue weighted by atomic mass is 16.2. The molecule has 28 heavy (non-hydrogen) atoms. The van der Waals surface area contributed by atoms with Gasteiger partial charge in [-0.05, 0) is 51.3 Å². The maximum absolute atomic E-state index is 12.4. The van der Waals surface area contributed by atoms with Gasteiger partial charge in [0.25, 0.3) is 0 Å². The molecule has 0 radical (unpaired) electrons. The van der Waals surface area contributed by atoms with Crippen molar-refractivity contribution in [3.8, 4) is 0 Å². The van der Waals surface area contributed by atoms with Gasteiger partial charge in [0.1, 0.15) is 5.82 Å². The molecule has 0 aliphatic carbocycles. The van der Waals surface area contributed by atoms with E-state index in [1.807, 2.05) is 32.6 Å². The fourth-order valence-electron chi connectivity index (χ4n) is 3.42. The molecule has 0 spiro atoms. The summed E-state index contributed by atoms with van der Waals surface area (Å²) in [6.07, 6.45) is 1.64. The smallest absolute Gasteiger partial charge is 0.317 e. The molecule has 7 heteroatoms. The third-order valence-electron chi connectivity index (χ3n) is 5.49. The third kappa shape index (κ3) is 4.03. The van der Waals surface area contributed by atoms with E-state index in [1.54, 1.807) is 4.90 Å². The maximum Gasteiger partial charge on any atom is 0.317 e. The van der Waals surface area contributed by atoms with Crippen LogP contribution in [0.1, 0.15) is 40.3 Å². The molecule has 0 saturated heterocycles. The van der Waals surface area contributed by atoms with Crippen molar-refractivity contribution in [2.45, 2.75) is 47.1 Å². The van der Waals surface area contributed by atoms with Crippen molar-refractivity contribution >= 4 is 17.1 Å². The molecule has 2 aromatic heterocycles. The molecule has 2 amide bonds. The van der Waals surface area contributed by atoms with Crippen LogP contribution >= 0.6 is 0 Å². The second kappa shape index (κ2) is 8.04. The fraction of sp³-hybridized carbons (Fsp3) is 0.476. The van der Waals surface area contributed by atoms with Gasteiger partial charge in [-0.15, -0.1) is 0 Å². The Balaban J connectivity index is 1.49. The molecule has 0 bridgehead atoms. The van der Waals surface area contributed by atoms with Gasteiger partial charge in [-0.3, -0.25) is 4.68 Å². The average molecular weight is 383 g/mol. The Kier molecular flexibility index (Phi) is 5.72. The zero-order valence-corrected chi connectivity index (χ0v) is 17.7. The molecule has 3 aromatic rings. The lowest BCUT2D eigenvalue weighted by Gasteiger charge is -2.18. The van der Waals surface area contributed by atoms with Crippen LogP contribution in [0.3, 0.4) is 0 Å². The summed E-state index contributed by atoms with van der Waals surface area (Å²) >= 11 is 0. The number of nitrogens with zero attached hydrogens (tertiary/aromatic N) is 4. The molecule has 0 atom stereocenters. The van der Waals surface area contributed by atoms with E-state index < -0.39 is 0 Å². The van der Waals surface area contributed by atoms with Crippen molar-refractivity contribution in [1.82, 2.24) is 30.0 Å². The Morgan fingerprint density at radius 2 is 2.00 bits per heavy atom. The van der Waals surface area contributed by atoms with Crippen LogP contribution in [0.2, 0.25) is 0 Å². The number of urea groups is 1. The van der Waals surface area contributed by atoms with Gasteiger partial charge in [0, 0.05) is 38.3 Å². The van der Waals surface area contributed by atoms with E-state index >= 15 is 0 Å². The van der Waals surface area contributed by atoms with Crippen LogP contribution in [0.4, 0.5) is 4.79 Å². The first kappa shape index (κ1) is 19.9. The van der Waals surface area contributed by atoms with E-state index in [2.05, 4.69) is 41.4 Å². The second-order valence-corrected chi connectivity index (χ2v) is 7.55. The van der Waals surface area contributed by atoms with Crippen molar-refractivity contribution in [3.63, 3.8) is 0 Å². The van der Waals surface area contributed by atoms with Crippen molar-refractivity contribution in [2.75, 3.05) is 13.6 Å². The monoisotopic (exact) mass is 382 g/mol. The highest BCUT2D eigenvalue weighted by molar-refractivity contribution is 5.79. The van der Waals surface area contributed by atoms with Crippen LogP contribution in [0.15, 0.2) is 12.1 Å². The SMILES string of the molecule is Cc1ccc2[nH]c(CCCNC(=O)N(C)Cc3c(C)nn(C)c3C)nc2c1C. The van der Waals surface area contributed by atoms with E-state index in [0.29, 0.717) is 13.1 Å². The number of aromatic amines is 1. The summed E-state index contributed by atoms with van der Waals surface area (Å²) in [5.41, 5.74) is 7.75. The third-order valence-corrected chi connectivity index (χ3v) is 5.49. The Morgan fingerprint density at radius 1 is 1.25 bits per heavy atom. The number of rotatable bonds is 6. The minimum Gasteiger partial charge on any atom is -0.342 e. The van der Waals surface area contributed by atoms with E-state index in [-0.39, 0.29) is 6.03 Å². The summed E-state index contributed by atoms with van der Waals surface area (Å²) in [4.78, 5) is 22.2. The van der Waals surface area contributed by atoms with Crippen molar-refractivity contribution < 1.29 is 4.79 Å². The number of H-pyrrole nitrogens is 1. The van der Waals surface area contributed by atoms with Crippen LogP contribution in [0.5, 0.6) is 0 Å². The largest absolute Gasteiger partial charge is 0.342 e. The van der Waals surface area contributed by atoms with E-state index in [9.17, 15) is 4.79 Å². The lowest BCUT2D eigenvalue weighted by Crippen LogP contribution is -2.37. The lowest BCUT2D eigenvalue weighted by atomic mass is 10.1. The number of aryl methyl sites for hydroxylation is 5. The molecule has 7 nitrogen and oxygen atoms in total. The Hall–Kier alpha value is -2.83. The summed E-state index contributed by atoms with van der Waals surface area (Å²) in [5, 5.41) is 7.40. The van der Waals surface area contributed by atoms with Gasteiger partial charge in [0.15, 0.2) is 0 Å². The first-order chi connectivity index (χ1) is 13.3. The molecule has 0 aliphatic heterocycles. The molecule has 2 heterocycles. The van der Waals surface area contributed by atoms with Crippen molar-refractivity contribution in [2.24, 2.45) is 7.05 Å². The number of carbonyl (C=O) groups is 1. The first-order valence-electron chi connectivity index (χ1n) is 9.70. The van der Waals surface area contributed by atoms with Crippen molar-refractivity contribution in [3.05, 3.63) is 46.0 Å². The predicted molar refractivity (Wildman–Crippen MR) is 111 cm³/mol. The van der Waals surface area contributed by atoms with Crippen LogP contribution in [-0.2, 0) is 20.0 Å². The molecular formula is C21H30N6O. The number of aromatic nitrogens is 4. The molecule has 0 aliphatic rings. The van der Waals surface area contributed by atoms with Gasteiger partial charge in [0.05, 0.1) is 23.3 Å². The summed E-state index contributed by atoms with van der Waals surface area (Å²) in [5.74, 6) is 0.966. The van der Waals surface area contributed by atoms with Gasteiger partial charge < -0.3 is 15.2 Å². The van der Waals surface area contributed by atoms with Gasteiger partial charge in [-0.25, -0.2) is 9.78 Å². The molecule has 2 N–H and O–H groups in total. The second-order valence-electron chi connectivity index (χ2n) is 7.55. The molecule has 0 unspecified atom stereocenters. The Morgan fingerprint density at radius 3 is 2.68 bits per heavy atom. The molecule has 3 rings (SSSR count). The van der Waals surface area contributed by atoms with Gasteiger partial charge in [-0.1, -0.05) is 6.07 Å². The topological polar surface area (TPSA) is 78.8 Å². The number of nitrogens with one attached hydrogen (secondary N) is 2. The maximum atomic E-state index is 12.4. The minimum atomic E-state index is -0.0706. The summed E-state index contributed by atoms with van der Waals surface area (Å²) in [7, 11) is 3.73. The molecule has 0 fully saturated rings. The number of hydrogen-bond acceptors (Lipinski definition) is 3. The number of benzene rings is 1. The zero-order valence-electron chi connectivity index (χ0n) is 17.7. The van der Waals surface area contributed by atoms with Gasteiger partial charge in [-0.2, -0.15) is 5.10 Å². The number of amides is 2. The molecule has 0 saturated carbocycles. The zero-order chi connectivity index (χ0) is 20.4. The van der Waals surface area contributed by atoms with Gasteiger partial charge >= 0.3 is 6.03 Å². The number of carbonyl (C=O) groups excluding carboxylic acids is 1. The predicted octanol–water partition coefficient (Wildman–Crippen LogP) is 3.30. The summed E-state index contributed by atoms with van der Waals surface area (Å²) in [6.45, 7) is 9.37. The van der Waals surface area contributed by atoms with Crippen LogP contribution in [0, 0.1) is 27.7 Å². The number of hydrogen-bond donors (Lipinski definition) is 2. The Bertz CT molecular complexity index is 1000. The minimum absolute atomic E-state index is 0.0706. The van der Waals surface area contributed by atoms with E-state index in [4.69, 9.17) is 4.98 Å². The molecule has 150 valence electrons. The van der Waals surface area contributed by atoms with Crippen LogP contribution in [-0.4, -0.2) is 44.3 Å². The summed E-state index contributed by atoms with van der Waals surface area (Å²) in [6, 6.07) is 4.12. The standard InChI is InChI=1S/C21H30N6O/c1-13-9-10-18-20(14(13)2)24-19(23-18)8-7-11-22-21(28)26(5)12-17-15(3)25-27(6)16(17)4/h9-10H,7-8,11-12H2,1-6H3,(H,22,28)(H,23,24). The molecular weight excluding hydrogens is 352 g/mol. The highest BCUT2D eigenvalue weighted by Gasteiger charge is 2.15. The quantitative estimate of drug-likeness (QED) is 0.642. The Labute approximate surface area is 166 Å². The van der Waals surface area contributed by atoms with E-state index in [0.717, 1.165) is 46.7 Å². The van der Waals surface area contributed by atoms with Crippen LogP contribution < -0.4 is 5.32 Å². The number of fused-ring (bicyclic) bond motifs is 1. The average Bonchev–Trinajstić information content (AvgIpc) is 3.18. The summed E-state index contributed by atoms with van der Waals surface area (Å²) < 4.78 is 1.85. The number of imidazole rings is 1. The normalized spacial score (nSPS) is 11.2. The van der Waals surface area contributed by atoms with Crippen molar-refractivity contribution in [1.29, 1.82) is 0 Å². The van der Waals surface area contributed by atoms with Crippen LogP contribution in [0.25, 0.3) is 11.0 Å². The fourth-order valence-corrected chi connectivity index (χ4v) is 3.42. The van der Waals surface area contributed by atoms with Gasteiger partial charge in [0.2, 0.25) is 0 Å². The highest BCUT2D eigenvalue weighted by Crippen LogP contribution is 2.19.